The van der Waals surface area contributed by atoms with E-state index in [1.54, 1.807) is 0 Å². The summed E-state index contributed by atoms with van der Waals surface area (Å²) in [5.74, 6) is -1.25. The van der Waals surface area contributed by atoms with Gasteiger partial charge in [0.1, 0.15) is 6.04 Å². The predicted molar refractivity (Wildman–Crippen MR) is 74.1 cm³/mol. The molecule has 6 heteroatoms. The van der Waals surface area contributed by atoms with Crippen molar-refractivity contribution in [1.29, 1.82) is 0 Å². The Balaban J connectivity index is 2.21. The van der Waals surface area contributed by atoms with Crippen LogP contribution >= 0.6 is 0 Å². The van der Waals surface area contributed by atoms with Gasteiger partial charge in [-0.2, -0.15) is 0 Å². The summed E-state index contributed by atoms with van der Waals surface area (Å²) in [6, 6.07) is -0.835. The van der Waals surface area contributed by atoms with Crippen LogP contribution in [0.1, 0.15) is 51.9 Å². The van der Waals surface area contributed by atoms with Gasteiger partial charge in [-0.3, -0.25) is 9.59 Å². The Morgan fingerprint density at radius 3 is 2.45 bits per heavy atom. The van der Waals surface area contributed by atoms with Crippen LogP contribution in [0.2, 0.25) is 0 Å². The molecule has 6 nitrogen and oxygen atoms in total. The molecule has 0 saturated heterocycles. The number of carbonyl (C=O) groups excluding carboxylic acids is 2. The van der Waals surface area contributed by atoms with E-state index in [9.17, 15) is 14.4 Å². The third-order valence-electron chi connectivity index (χ3n) is 3.59. The molecule has 1 aliphatic carbocycles. The van der Waals surface area contributed by atoms with Crippen molar-refractivity contribution in [3.05, 3.63) is 0 Å². The highest BCUT2D eigenvalue weighted by atomic mass is 16.4. The minimum atomic E-state index is -1.02. The maximum Gasteiger partial charge on any atom is 0.326 e. The molecule has 0 spiro atoms. The topological polar surface area (TPSA) is 95.5 Å². The SMILES string of the molecule is CCC[C@H](NC(=O)CCNC(=O)C1CCCC1)C(=O)O. The zero-order valence-electron chi connectivity index (χ0n) is 12.0. The van der Waals surface area contributed by atoms with Crippen LogP contribution in [0.15, 0.2) is 0 Å². The Kier molecular flexibility index (Phi) is 7.04. The van der Waals surface area contributed by atoms with Gasteiger partial charge in [0.2, 0.25) is 11.8 Å². The zero-order chi connectivity index (χ0) is 15.0. The number of nitrogens with one attached hydrogen (secondary N) is 2. The molecule has 20 heavy (non-hydrogen) atoms. The van der Waals surface area contributed by atoms with E-state index in [1.165, 1.54) is 0 Å². The lowest BCUT2D eigenvalue weighted by Crippen LogP contribution is -2.42. The monoisotopic (exact) mass is 284 g/mol. The maximum atomic E-state index is 11.7. The van der Waals surface area contributed by atoms with E-state index in [0.29, 0.717) is 12.8 Å². The standard InChI is InChI=1S/C14H24N2O4/c1-2-5-11(14(19)20)16-12(17)8-9-15-13(18)10-6-3-4-7-10/h10-11H,2-9H2,1H3,(H,15,18)(H,16,17)(H,19,20)/t11-/m0/s1. The van der Waals surface area contributed by atoms with Gasteiger partial charge in [-0.25, -0.2) is 4.79 Å². The van der Waals surface area contributed by atoms with Crippen molar-refractivity contribution in [1.82, 2.24) is 10.6 Å². The normalized spacial score (nSPS) is 16.6. The van der Waals surface area contributed by atoms with Crippen molar-refractivity contribution in [2.45, 2.75) is 57.9 Å². The Morgan fingerprint density at radius 1 is 1.25 bits per heavy atom. The molecular weight excluding hydrogens is 260 g/mol. The van der Waals surface area contributed by atoms with Gasteiger partial charge in [-0.1, -0.05) is 26.2 Å². The number of carboxylic acids is 1. The third kappa shape index (κ3) is 5.59. The molecule has 1 fully saturated rings. The van der Waals surface area contributed by atoms with Gasteiger partial charge in [0, 0.05) is 18.9 Å². The molecule has 0 aromatic carbocycles. The van der Waals surface area contributed by atoms with Crippen molar-refractivity contribution in [3.63, 3.8) is 0 Å². The molecule has 0 unspecified atom stereocenters. The first kappa shape index (κ1) is 16.5. The fraction of sp³-hybridized carbons (Fsp3) is 0.786. The van der Waals surface area contributed by atoms with Gasteiger partial charge in [-0.15, -0.1) is 0 Å². The van der Waals surface area contributed by atoms with Gasteiger partial charge in [0.05, 0.1) is 0 Å². The molecule has 0 heterocycles. The van der Waals surface area contributed by atoms with E-state index < -0.39 is 12.0 Å². The summed E-state index contributed by atoms with van der Waals surface area (Å²) in [6.45, 7) is 2.13. The first-order chi connectivity index (χ1) is 9.54. The molecular formula is C14H24N2O4. The Bertz CT molecular complexity index is 351. The predicted octanol–water partition coefficient (Wildman–Crippen LogP) is 1.05. The fourth-order valence-electron chi connectivity index (χ4n) is 2.44. The summed E-state index contributed by atoms with van der Waals surface area (Å²) in [5.41, 5.74) is 0. The molecule has 0 aromatic rings. The van der Waals surface area contributed by atoms with E-state index in [2.05, 4.69) is 10.6 Å². The molecule has 2 amide bonds. The number of carboxylic acid groups (broad SMARTS) is 1. The fourth-order valence-corrected chi connectivity index (χ4v) is 2.44. The first-order valence-corrected chi connectivity index (χ1v) is 7.34. The summed E-state index contributed by atoms with van der Waals surface area (Å²) in [4.78, 5) is 34.2. The largest absolute Gasteiger partial charge is 0.480 e. The van der Waals surface area contributed by atoms with Crippen LogP contribution in [0, 0.1) is 5.92 Å². The van der Waals surface area contributed by atoms with E-state index in [1.807, 2.05) is 6.92 Å². The van der Waals surface area contributed by atoms with Crippen LogP contribution in [0.4, 0.5) is 0 Å². The minimum Gasteiger partial charge on any atom is -0.480 e. The second-order valence-electron chi connectivity index (χ2n) is 5.27. The van der Waals surface area contributed by atoms with Gasteiger partial charge in [0.15, 0.2) is 0 Å². The number of hydrogen-bond acceptors (Lipinski definition) is 3. The molecule has 3 N–H and O–H groups in total. The van der Waals surface area contributed by atoms with E-state index in [-0.39, 0.29) is 30.7 Å². The molecule has 0 bridgehead atoms. The number of hydrogen-bond donors (Lipinski definition) is 3. The van der Waals surface area contributed by atoms with Crippen molar-refractivity contribution < 1.29 is 19.5 Å². The Hall–Kier alpha value is -1.59. The van der Waals surface area contributed by atoms with Gasteiger partial charge in [0.25, 0.3) is 0 Å². The molecule has 0 aromatic heterocycles. The molecule has 0 radical (unpaired) electrons. The van der Waals surface area contributed by atoms with Gasteiger partial charge < -0.3 is 15.7 Å². The highest BCUT2D eigenvalue weighted by Crippen LogP contribution is 2.24. The molecule has 1 rings (SSSR count). The maximum absolute atomic E-state index is 11.7. The lowest BCUT2D eigenvalue weighted by Gasteiger charge is -2.14. The summed E-state index contributed by atoms with van der Waals surface area (Å²) >= 11 is 0. The zero-order valence-corrected chi connectivity index (χ0v) is 12.0. The summed E-state index contributed by atoms with van der Waals surface area (Å²) < 4.78 is 0. The molecule has 1 atom stereocenters. The summed E-state index contributed by atoms with van der Waals surface area (Å²) in [5, 5.41) is 14.1. The second-order valence-corrected chi connectivity index (χ2v) is 5.27. The lowest BCUT2D eigenvalue weighted by molar-refractivity contribution is -0.142. The Labute approximate surface area is 119 Å². The van der Waals surface area contributed by atoms with Gasteiger partial charge in [-0.05, 0) is 19.3 Å². The smallest absolute Gasteiger partial charge is 0.326 e. The van der Waals surface area contributed by atoms with Crippen LogP contribution in [-0.4, -0.2) is 35.5 Å². The lowest BCUT2D eigenvalue weighted by atomic mass is 10.1. The van der Waals surface area contributed by atoms with Crippen LogP contribution < -0.4 is 10.6 Å². The molecule has 114 valence electrons. The van der Waals surface area contributed by atoms with Crippen molar-refractivity contribution in [2.24, 2.45) is 5.92 Å². The highest BCUT2D eigenvalue weighted by molar-refractivity contribution is 5.84. The van der Waals surface area contributed by atoms with E-state index >= 15 is 0 Å². The molecule has 1 aliphatic rings. The number of aliphatic carboxylic acids is 1. The van der Waals surface area contributed by atoms with Crippen LogP contribution in [0.3, 0.4) is 0 Å². The number of rotatable bonds is 8. The average Bonchev–Trinajstić information content (AvgIpc) is 2.91. The summed E-state index contributed by atoms with van der Waals surface area (Å²) in [6.07, 6.45) is 5.26. The quantitative estimate of drug-likeness (QED) is 0.621. The van der Waals surface area contributed by atoms with E-state index in [4.69, 9.17) is 5.11 Å². The molecule has 0 aliphatic heterocycles. The Morgan fingerprint density at radius 2 is 1.90 bits per heavy atom. The third-order valence-corrected chi connectivity index (χ3v) is 3.59. The van der Waals surface area contributed by atoms with Crippen molar-refractivity contribution in [3.8, 4) is 0 Å². The van der Waals surface area contributed by atoms with Crippen molar-refractivity contribution >= 4 is 17.8 Å². The van der Waals surface area contributed by atoms with Crippen molar-refractivity contribution in [2.75, 3.05) is 6.54 Å². The van der Waals surface area contributed by atoms with Crippen LogP contribution in [-0.2, 0) is 14.4 Å². The minimum absolute atomic E-state index is 0.0126. The number of amides is 2. The second kappa shape index (κ2) is 8.55. The molecule has 1 saturated carbocycles. The van der Waals surface area contributed by atoms with Crippen LogP contribution in [0.25, 0.3) is 0 Å². The first-order valence-electron chi connectivity index (χ1n) is 7.34. The highest BCUT2D eigenvalue weighted by Gasteiger charge is 2.22. The summed E-state index contributed by atoms with van der Waals surface area (Å²) in [7, 11) is 0. The number of carbonyl (C=O) groups is 3. The van der Waals surface area contributed by atoms with Gasteiger partial charge >= 0.3 is 5.97 Å². The average molecular weight is 284 g/mol. The van der Waals surface area contributed by atoms with E-state index in [0.717, 1.165) is 25.7 Å². The van der Waals surface area contributed by atoms with Crippen LogP contribution in [0.5, 0.6) is 0 Å².